The summed E-state index contributed by atoms with van der Waals surface area (Å²) in [4.78, 5) is 0. The van der Waals surface area contributed by atoms with Crippen molar-refractivity contribution >= 4 is 11.6 Å². The van der Waals surface area contributed by atoms with Crippen LogP contribution < -0.4 is 15.2 Å². The van der Waals surface area contributed by atoms with Gasteiger partial charge >= 0.3 is 0 Å². The fourth-order valence-electron chi connectivity index (χ4n) is 2.73. The second-order valence-corrected chi connectivity index (χ2v) is 5.15. The Bertz CT molecular complexity index is 417. The lowest BCUT2D eigenvalue weighted by Crippen LogP contribution is -2.19. The molecule has 1 aromatic rings. The summed E-state index contributed by atoms with van der Waals surface area (Å²) in [5.41, 5.74) is 7.29. The molecule has 1 saturated carbocycles. The van der Waals surface area contributed by atoms with E-state index in [0.717, 1.165) is 5.56 Å². The minimum atomic E-state index is -0.0141. The van der Waals surface area contributed by atoms with Crippen molar-refractivity contribution in [1.29, 1.82) is 0 Å². The van der Waals surface area contributed by atoms with E-state index in [1.54, 1.807) is 14.2 Å². The van der Waals surface area contributed by atoms with Crippen molar-refractivity contribution in [3.05, 3.63) is 22.7 Å². The van der Waals surface area contributed by atoms with Gasteiger partial charge in [0.25, 0.3) is 0 Å². The summed E-state index contributed by atoms with van der Waals surface area (Å²) >= 11 is 6.38. The SMILES string of the molecule is COc1ccc([C@@H](N)C2CCCC2)c(Cl)c1OC. The molecule has 0 unspecified atom stereocenters. The molecule has 4 heteroatoms. The van der Waals surface area contributed by atoms with Crippen LogP contribution in [0, 0.1) is 5.92 Å². The van der Waals surface area contributed by atoms with Crippen LogP contribution in [0.4, 0.5) is 0 Å². The second kappa shape index (κ2) is 5.81. The first-order valence-corrected chi connectivity index (χ1v) is 6.72. The van der Waals surface area contributed by atoms with Gasteiger partial charge in [-0.05, 0) is 30.4 Å². The lowest BCUT2D eigenvalue weighted by atomic mass is 9.92. The van der Waals surface area contributed by atoms with Crippen LogP contribution >= 0.6 is 11.6 Å². The molecule has 0 radical (unpaired) electrons. The highest BCUT2D eigenvalue weighted by atomic mass is 35.5. The summed E-state index contributed by atoms with van der Waals surface area (Å²) in [6, 6.07) is 3.81. The van der Waals surface area contributed by atoms with Gasteiger partial charge in [0, 0.05) is 6.04 Å². The molecule has 0 spiro atoms. The third-order valence-electron chi connectivity index (χ3n) is 3.78. The van der Waals surface area contributed by atoms with E-state index in [4.69, 9.17) is 26.8 Å². The van der Waals surface area contributed by atoms with Gasteiger partial charge < -0.3 is 15.2 Å². The average molecular weight is 270 g/mol. The maximum Gasteiger partial charge on any atom is 0.179 e. The predicted molar refractivity (Wildman–Crippen MR) is 73.4 cm³/mol. The van der Waals surface area contributed by atoms with Crippen LogP contribution in [0.1, 0.15) is 37.3 Å². The summed E-state index contributed by atoms with van der Waals surface area (Å²) < 4.78 is 10.5. The molecule has 100 valence electrons. The van der Waals surface area contributed by atoms with E-state index in [1.165, 1.54) is 25.7 Å². The monoisotopic (exact) mass is 269 g/mol. The number of rotatable bonds is 4. The smallest absolute Gasteiger partial charge is 0.179 e. The first kappa shape index (κ1) is 13.5. The highest BCUT2D eigenvalue weighted by Gasteiger charge is 2.26. The standard InChI is InChI=1S/C14H20ClNO2/c1-17-11-8-7-10(12(15)14(11)18-2)13(16)9-5-3-4-6-9/h7-9,13H,3-6,16H2,1-2H3/t13-/m0/s1. The molecular weight excluding hydrogens is 250 g/mol. The number of benzene rings is 1. The van der Waals surface area contributed by atoms with E-state index in [-0.39, 0.29) is 6.04 Å². The molecule has 2 rings (SSSR count). The van der Waals surface area contributed by atoms with Gasteiger partial charge in [-0.1, -0.05) is 30.5 Å². The summed E-state index contributed by atoms with van der Waals surface area (Å²) in [5.74, 6) is 1.75. The summed E-state index contributed by atoms with van der Waals surface area (Å²) in [6.45, 7) is 0. The maximum atomic E-state index is 6.38. The van der Waals surface area contributed by atoms with E-state index in [1.807, 2.05) is 12.1 Å². The van der Waals surface area contributed by atoms with Crippen LogP contribution in [0.15, 0.2) is 12.1 Å². The predicted octanol–water partition coefficient (Wildman–Crippen LogP) is 3.55. The highest BCUT2D eigenvalue weighted by molar-refractivity contribution is 6.33. The molecule has 0 saturated heterocycles. The Morgan fingerprint density at radius 2 is 1.89 bits per heavy atom. The van der Waals surface area contributed by atoms with Crippen molar-refractivity contribution in [2.45, 2.75) is 31.7 Å². The molecule has 0 amide bonds. The number of halogens is 1. The van der Waals surface area contributed by atoms with E-state index in [2.05, 4.69) is 0 Å². The van der Waals surface area contributed by atoms with E-state index in [9.17, 15) is 0 Å². The third-order valence-corrected chi connectivity index (χ3v) is 4.17. The summed E-state index contributed by atoms with van der Waals surface area (Å²) in [7, 11) is 3.19. The molecule has 1 fully saturated rings. The van der Waals surface area contributed by atoms with Crippen LogP contribution in [0.3, 0.4) is 0 Å². The Labute approximate surface area is 113 Å². The molecule has 2 N–H and O–H groups in total. The quantitative estimate of drug-likeness (QED) is 0.909. The van der Waals surface area contributed by atoms with Crippen molar-refractivity contribution in [2.75, 3.05) is 14.2 Å². The van der Waals surface area contributed by atoms with Crippen molar-refractivity contribution in [1.82, 2.24) is 0 Å². The molecule has 1 aliphatic rings. The zero-order valence-corrected chi connectivity index (χ0v) is 11.7. The normalized spacial score (nSPS) is 17.8. The molecule has 1 aromatic carbocycles. The number of ether oxygens (including phenoxy) is 2. The van der Waals surface area contributed by atoms with Gasteiger partial charge in [0.05, 0.1) is 19.2 Å². The molecule has 0 heterocycles. The molecule has 0 aromatic heterocycles. The third kappa shape index (κ3) is 2.43. The Balaban J connectivity index is 2.32. The van der Waals surface area contributed by atoms with E-state index < -0.39 is 0 Å². The van der Waals surface area contributed by atoms with Gasteiger partial charge in [0.2, 0.25) is 0 Å². The van der Waals surface area contributed by atoms with Crippen molar-refractivity contribution < 1.29 is 9.47 Å². The first-order chi connectivity index (χ1) is 8.69. The molecule has 3 nitrogen and oxygen atoms in total. The van der Waals surface area contributed by atoms with E-state index >= 15 is 0 Å². The number of hydrogen-bond acceptors (Lipinski definition) is 3. The van der Waals surface area contributed by atoms with E-state index in [0.29, 0.717) is 22.4 Å². The average Bonchev–Trinajstić information content (AvgIpc) is 2.91. The van der Waals surface area contributed by atoms with Crippen LogP contribution in [0.5, 0.6) is 11.5 Å². The van der Waals surface area contributed by atoms with Crippen molar-refractivity contribution in [3.8, 4) is 11.5 Å². The van der Waals surface area contributed by atoms with Gasteiger partial charge in [-0.25, -0.2) is 0 Å². The Hall–Kier alpha value is -0.930. The number of nitrogens with two attached hydrogens (primary N) is 1. The second-order valence-electron chi connectivity index (χ2n) is 4.77. The largest absolute Gasteiger partial charge is 0.493 e. The van der Waals surface area contributed by atoms with Gasteiger partial charge in [0.1, 0.15) is 0 Å². The van der Waals surface area contributed by atoms with Gasteiger partial charge in [-0.3, -0.25) is 0 Å². The first-order valence-electron chi connectivity index (χ1n) is 6.35. The maximum absolute atomic E-state index is 6.38. The fourth-order valence-corrected chi connectivity index (χ4v) is 3.09. The summed E-state index contributed by atoms with van der Waals surface area (Å²) in [6.07, 6.45) is 4.91. The van der Waals surface area contributed by atoms with Crippen LogP contribution in [0.25, 0.3) is 0 Å². The molecular formula is C14H20ClNO2. The Morgan fingerprint density at radius 3 is 2.44 bits per heavy atom. The molecule has 18 heavy (non-hydrogen) atoms. The van der Waals surface area contributed by atoms with Gasteiger partial charge in [0.15, 0.2) is 11.5 Å². The molecule has 0 bridgehead atoms. The zero-order chi connectivity index (χ0) is 13.1. The lowest BCUT2D eigenvalue weighted by Gasteiger charge is -2.22. The van der Waals surface area contributed by atoms with Crippen LogP contribution in [0.2, 0.25) is 5.02 Å². The van der Waals surface area contributed by atoms with Crippen LogP contribution in [-0.2, 0) is 0 Å². The minimum absolute atomic E-state index is 0.0141. The Kier molecular flexibility index (Phi) is 4.36. The van der Waals surface area contributed by atoms with Gasteiger partial charge in [-0.15, -0.1) is 0 Å². The lowest BCUT2D eigenvalue weighted by molar-refractivity contribution is 0.353. The topological polar surface area (TPSA) is 44.5 Å². The van der Waals surface area contributed by atoms with Crippen molar-refractivity contribution in [2.24, 2.45) is 11.7 Å². The van der Waals surface area contributed by atoms with Crippen molar-refractivity contribution in [3.63, 3.8) is 0 Å². The summed E-state index contributed by atoms with van der Waals surface area (Å²) in [5, 5.41) is 0.580. The molecule has 1 atom stereocenters. The fraction of sp³-hybridized carbons (Fsp3) is 0.571. The van der Waals surface area contributed by atoms with Gasteiger partial charge in [-0.2, -0.15) is 0 Å². The molecule has 1 aliphatic carbocycles. The number of methoxy groups -OCH3 is 2. The Morgan fingerprint density at radius 1 is 1.22 bits per heavy atom. The highest BCUT2D eigenvalue weighted by Crippen LogP contribution is 2.43. The molecule has 0 aliphatic heterocycles. The number of hydrogen-bond donors (Lipinski definition) is 1. The minimum Gasteiger partial charge on any atom is -0.493 e. The zero-order valence-electron chi connectivity index (χ0n) is 10.9. The van der Waals surface area contributed by atoms with Crippen LogP contribution in [-0.4, -0.2) is 14.2 Å².